The fourth-order valence-electron chi connectivity index (χ4n) is 2.06. The molecular weight excluding hydrogens is 260 g/mol. The van der Waals surface area contributed by atoms with Crippen molar-refractivity contribution in [2.75, 3.05) is 11.9 Å². The molecule has 0 fully saturated rings. The second-order valence-corrected chi connectivity index (χ2v) is 4.99. The monoisotopic (exact) mass is 282 g/mol. The summed E-state index contributed by atoms with van der Waals surface area (Å²) in [5.74, 6) is 0.0662. The average molecular weight is 282 g/mol. The van der Waals surface area contributed by atoms with Crippen molar-refractivity contribution in [3.63, 3.8) is 0 Å². The molecule has 3 nitrogen and oxygen atoms in total. The molecule has 21 heavy (non-hydrogen) atoms. The molecule has 2 rings (SSSR count). The Morgan fingerprint density at radius 2 is 1.67 bits per heavy atom. The van der Waals surface area contributed by atoms with E-state index < -0.39 is 0 Å². The van der Waals surface area contributed by atoms with Crippen LogP contribution in [0.2, 0.25) is 0 Å². The maximum Gasteiger partial charge on any atom is 0.222 e. The van der Waals surface area contributed by atoms with E-state index in [4.69, 9.17) is 0 Å². The molecule has 0 heterocycles. The van der Waals surface area contributed by atoms with Gasteiger partial charge < -0.3 is 10.6 Å². The van der Waals surface area contributed by atoms with Gasteiger partial charge in [-0.05, 0) is 29.7 Å². The van der Waals surface area contributed by atoms with Crippen LogP contribution in [-0.2, 0) is 17.8 Å². The quantitative estimate of drug-likeness (QED) is 0.817. The van der Waals surface area contributed by atoms with Crippen LogP contribution < -0.4 is 10.6 Å². The molecule has 0 bridgehead atoms. The summed E-state index contributed by atoms with van der Waals surface area (Å²) in [5, 5.41) is 6.19. The molecule has 0 unspecified atom stereocenters. The standard InChI is InChI=1S/C18H22N2O/c1-2-15-8-10-17(11-9-15)19-13-12-18(21)20-14-16-6-4-3-5-7-16/h3-11,19H,2,12-14H2,1H3,(H,20,21). The average Bonchev–Trinajstić information content (AvgIpc) is 2.54. The van der Waals surface area contributed by atoms with Crippen LogP contribution in [0.25, 0.3) is 0 Å². The highest BCUT2D eigenvalue weighted by Gasteiger charge is 2.01. The Bertz CT molecular complexity index is 549. The summed E-state index contributed by atoms with van der Waals surface area (Å²) in [4.78, 5) is 11.8. The molecule has 0 aliphatic heterocycles. The van der Waals surface area contributed by atoms with Crippen LogP contribution in [0, 0.1) is 0 Å². The minimum Gasteiger partial charge on any atom is -0.385 e. The minimum absolute atomic E-state index is 0.0662. The van der Waals surface area contributed by atoms with Gasteiger partial charge in [-0.25, -0.2) is 0 Å². The Balaban J connectivity index is 1.66. The number of nitrogens with one attached hydrogen (secondary N) is 2. The Hall–Kier alpha value is -2.29. The molecule has 3 heteroatoms. The van der Waals surface area contributed by atoms with E-state index in [1.54, 1.807) is 0 Å². The first-order chi connectivity index (χ1) is 10.3. The van der Waals surface area contributed by atoms with Crippen LogP contribution in [0.3, 0.4) is 0 Å². The molecule has 0 atom stereocenters. The maximum atomic E-state index is 11.8. The van der Waals surface area contributed by atoms with E-state index in [-0.39, 0.29) is 5.91 Å². The molecule has 0 aromatic heterocycles. The van der Waals surface area contributed by atoms with Crippen molar-refractivity contribution in [2.45, 2.75) is 26.3 Å². The van der Waals surface area contributed by atoms with E-state index in [1.807, 2.05) is 30.3 Å². The summed E-state index contributed by atoms with van der Waals surface area (Å²) in [6.45, 7) is 3.37. The number of rotatable bonds is 7. The molecular formula is C18H22N2O. The zero-order chi connectivity index (χ0) is 14.9. The van der Waals surface area contributed by atoms with Crippen molar-refractivity contribution in [2.24, 2.45) is 0 Å². The van der Waals surface area contributed by atoms with Gasteiger partial charge in [-0.2, -0.15) is 0 Å². The number of benzene rings is 2. The topological polar surface area (TPSA) is 41.1 Å². The molecule has 0 saturated carbocycles. The third-order valence-corrected chi connectivity index (χ3v) is 3.38. The van der Waals surface area contributed by atoms with E-state index in [0.29, 0.717) is 19.5 Å². The minimum atomic E-state index is 0.0662. The van der Waals surface area contributed by atoms with Crippen molar-refractivity contribution in [1.29, 1.82) is 0 Å². The zero-order valence-corrected chi connectivity index (χ0v) is 12.4. The molecule has 2 aromatic carbocycles. The smallest absolute Gasteiger partial charge is 0.222 e. The molecule has 0 aliphatic rings. The lowest BCUT2D eigenvalue weighted by molar-refractivity contribution is -0.121. The third kappa shape index (κ3) is 5.30. The van der Waals surface area contributed by atoms with Gasteiger partial charge in [-0.3, -0.25) is 4.79 Å². The SMILES string of the molecule is CCc1ccc(NCCC(=O)NCc2ccccc2)cc1. The van der Waals surface area contributed by atoms with Gasteiger partial charge in [-0.15, -0.1) is 0 Å². The Labute approximate surface area is 126 Å². The van der Waals surface area contributed by atoms with Crippen LogP contribution in [-0.4, -0.2) is 12.5 Å². The Morgan fingerprint density at radius 3 is 2.33 bits per heavy atom. The van der Waals surface area contributed by atoms with Crippen LogP contribution in [0.5, 0.6) is 0 Å². The highest BCUT2D eigenvalue weighted by Crippen LogP contribution is 2.09. The molecule has 2 aromatic rings. The molecule has 2 N–H and O–H groups in total. The number of amides is 1. The lowest BCUT2D eigenvalue weighted by atomic mass is 10.1. The summed E-state index contributed by atoms with van der Waals surface area (Å²) in [5.41, 5.74) is 3.50. The highest BCUT2D eigenvalue weighted by atomic mass is 16.1. The first-order valence-corrected chi connectivity index (χ1v) is 7.41. The van der Waals surface area contributed by atoms with Gasteiger partial charge >= 0.3 is 0 Å². The van der Waals surface area contributed by atoms with Gasteiger partial charge in [0, 0.05) is 25.2 Å². The number of hydrogen-bond acceptors (Lipinski definition) is 2. The van der Waals surface area contributed by atoms with Crippen molar-refractivity contribution < 1.29 is 4.79 Å². The van der Waals surface area contributed by atoms with Crippen molar-refractivity contribution in [3.05, 3.63) is 65.7 Å². The number of carbonyl (C=O) groups excluding carboxylic acids is 1. The Kier molecular flexibility index (Phi) is 5.83. The van der Waals surface area contributed by atoms with Gasteiger partial charge in [0.05, 0.1) is 0 Å². The van der Waals surface area contributed by atoms with Crippen LogP contribution in [0.1, 0.15) is 24.5 Å². The lowest BCUT2D eigenvalue weighted by Gasteiger charge is -2.08. The fraction of sp³-hybridized carbons (Fsp3) is 0.278. The van der Waals surface area contributed by atoms with E-state index in [9.17, 15) is 4.79 Å². The van der Waals surface area contributed by atoms with Crippen LogP contribution in [0.4, 0.5) is 5.69 Å². The maximum absolute atomic E-state index is 11.8. The van der Waals surface area contributed by atoms with Crippen molar-refractivity contribution >= 4 is 11.6 Å². The zero-order valence-electron chi connectivity index (χ0n) is 12.4. The first-order valence-electron chi connectivity index (χ1n) is 7.41. The number of aryl methyl sites for hydroxylation is 1. The second kappa shape index (κ2) is 8.10. The predicted octanol–water partition coefficient (Wildman–Crippen LogP) is 3.37. The third-order valence-electron chi connectivity index (χ3n) is 3.38. The number of carbonyl (C=O) groups is 1. The summed E-state index contributed by atoms with van der Waals surface area (Å²) in [6, 6.07) is 18.3. The largest absolute Gasteiger partial charge is 0.385 e. The molecule has 0 saturated heterocycles. The number of anilines is 1. The summed E-state index contributed by atoms with van der Waals surface area (Å²) in [7, 11) is 0. The second-order valence-electron chi connectivity index (χ2n) is 4.99. The van der Waals surface area contributed by atoms with E-state index >= 15 is 0 Å². The summed E-state index contributed by atoms with van der Waals surface area (Å²) < 4.78 is 0. The molecule has 0 aliphatic carbocycles. The van der Waals surface area contributed by atoms with Gasteiger partial charge in [0.15, 0.2) is 0 Å². The molecule has 0 radical (unpaired) electrons. The molecule has 110 valence electrons. The van der Waals surface area contributed by atoms with Crippen LogP contribution >= 0.6 is 0 Å². The summed E-state index contributed by atoms with van der Waals surface area (Å²) in [6.07, 6.45) is 1.52. The molecule has 0 spiro atoms. The van der Waals surface area contributed by atoms with E-state index in [1.165, 1.54) is 5.56 Å². The first kappa shape index (κ1) is 15.1. The normalized spacial score (nSPS) is 10.1. The van der Waals surface area contributed by atoms with Crippen molar-refractivity contribution in [3.8, 4) is 0 Å². The Morgan fingerprint density at radius 1 is 0.952 bits per heavy atom. The van der Waals surface area contributed by atoms with Crippen molar-refractivity contribution in [1.82, 2.24) is 5.32 Å². The van der Waals surface area contributed by atoms with E-state index in [0.717, 1.165) is 17.7 Å². The number of hydrogen-bond donors (Lipinski definition) is 2. The predicted molar refractivity (Wildman–Crippen MR) is 87.2 cm³/mol. The summed E-state index contributed by atoms with van der Waals surface area (Å²) >= 11 is 0. The lowest BCUT2D eigenvalue weighted by Crippen LogP contribution is -2.24. The van der Waals surface area contributed by atoms with Gasteiger partial charge in [0.25, 0.3) is 0 Å². The fourth-order valence-corrected chi connectivity index (χ4v) is 2.06. The van der Waals surface area contributed by atoms with E-state index in [2.05, 4.69) is 41.8 Å². The molecule has 1 amide bonds. The van der Waals surface area contributed by atoms with Gasteiger partial charge in [-0.1, -0.05) is 49.4 Å². The highest BCUT2D eigenvalue weighted by molar-refractivity contribution is 5.76. The van der Waals surface area contributed by atoms with Gasteiger partial charge in [0.1, 0.15) is 0 Å². The van der Waals surface area contributed by atoms with Gasteiger partial charge in [0.2, 0.25) is 5.91 Å². The van der Waals surface area contributed by atoms with Crippen LogP contribution in [0.15, 0.2) is 54.6 Å².